The van der Waals surface area contributed by atoms with Crippen LogP contribution in [0, 0.1) is 0 Å². The van der Waals surface area contributed by atoms with Crippen molar-refractivity contribution in [1.29, 1.82) is 0 Å². The standard InChI is InChI=1S/Cr.4H2O.4O.Zn/h;4*1H2;;;;;/q;;;;;;;2*-1;+2. The third-order valence-corrected chi connectivity index (χ3v) is 0. The maximum absolute atomic E-state index is 8.59. The summed E-state index contributed by atoms with van der Waals surface area (Å²) < 4.78 is 34.4. The van der Waals surface area contributed by atoms with Crippen LogP contribution in [0.1, 0.15) is 0 Å². The molecule has 0 aromatic carbocycles. The molecule has 0 aliphatic rings. The Labute approximate surface area is 71.2 Å². The molecule has 0 rings (SSSR count). The van der Waals surface area contributed by atoms with Crippen LogP contribution in [0.2, 0.25) is 0 Å². The minimum Gasteiger partial charge on any atom is 2.00 e. The van der Waals surface area contributed by atoms with Crippen LogP contribution in [0.25, 0.3) is 0 Å². The van der Waals surface area contributed by atoms with Gasteiger partial charge in [-0.15, -0.1) is 0 Å². The minimum absolute atomic E-state index is 0. The molecule has 0 aromatic rings. The van der Waals surface area contributed by atoms with Gasteiger partial charge in [-0.1, -0.05) is 0 Å². The molecule has 64 valence electrons. The van der Waals surface area contributed by atoms with Crippen molar-refractivity contribution in [3.8, 4) is 0 Å². The van der Waals surface area contributed by atoms with Crippen molar-refractivity contribution < 1.29 is 70.9 Å². The van der Waals surface area contributed by atoms with E-state index in [-0.39, 0.29) is 41.4 Å². The zero-order chi connectivity index (χ0) is 4.50. The normalized spacial score (nSPS) is 5.80. The molecule has 10 heteroatoms. The fraction of sp³-hybridized carbons (Fsp3) is 0. The van der Waals surface area contributed by atoms with Gasteiger partial charge in [0.2, 0.25) is 0 Å². The molecule has 0 aliphatic heterocycles. The van der Waals surface area contributed by atoms with E-state index in [1.165, 1.54) is 0 Å². The van der Waals surface area contributed by atoms with Gasteiger partial charge in [0.25, 0.3) is 0 Å². The molecule has 0 amide bonds. The van der Waals surface area contributed by atoms with Gasteiger partial charge in [-0.2, -0.15) is 0 Å². The van der Waals surface area contributed by atoms with Crippen LogP contribution < -0.4 is 8.32 Å². The van der Waals surface area contributed by atoms with E-state index in [0.29, 0.717) is 0 Å². The van der Waals surface area contributed by atoms with Gasteiger partial charge in [-0.25, -0.2) is 0 Å². The summed E-state index contributed by atoms with van der Waals surface area (Å²) in [6, 6.07) is 0. The Kier molecular flexibility index (Phi) is 75.9. The molecule has 0 bridgehead atoms. The van der Waals surface area contributed by atoms with Gasteiger partial charge in [0.05, 0.1) is 0 Å². The Morgan fingerprint density at radius 2 is 0.800 bits per heavy atom. The average Bonchev–Trinajstić information content (AvgIpc) is 0.722. The molecule has 0 aliphatic carbocycles. The van der Waals surface area contributed by atoms with Gasteiger partial charge >= 0.3 is 49.0 Å². The zero-order valence-corrected chi connectivity index (χ0v) is 8.99. The van der Waals surface area contributed by atoms with Crippen LogP contribution in [0.3, 0.4) is 0 Å². The summed E-state index contributed by atoms with van der Waals surface area (Å²) in [6.07, 6.45) is 0. The predicted molar refractivity (Wildman–Crippen MR) is 15.8 cm³/mol. The molecule has 0 unspecified atom stereocenters. The largest absolute Gasteiger partial charge is 2.00 e. The summed E-state index contributed by atoms with van der Waals surface area (Å²) in [5.41, 5.74) is 0. The van der Waals surface area contributed by atoms with Crippen LogP contribution >= 0.6 is 0 Å². The smallest absolute Gasteiger partial charge is 2.00 e. The van der Waals surface area contributed by atoms with Crippen LogP contribution in [0.5, 0.6) is 0 Å². The van der Waals surface area contributed by atoms with E-state index in [4.69, 9.17) is 15.9 Å². The monoisotopic (exact) mass is 252 g/mol. The third-order valence-electron chi connectivity index (χ3n) is 0. The van der Waals surface area contributed by atoms with E-state index in [0.717, 1.165) is 0 Å². The molecule has 0 atom stereocenters. The van der Waals surface area contributed by atoms with Crippen molar-refractivity contribution in [3.63, 3.8) is 0 Å². The topological polar surface area (TPSA) is 206 Å². The second-order valence-electron chi connectivity index (χ2n) is 0.408. The van der Waals surface area contributed by atoms with E-state index in [1.807, 2.05) is 0 Å². The second kappa shape index (κ2) is 16.3. The van der Waals surface area contributed by atoms with Gasteiger partial charge < -0.3 is 21.9 Å². The first-order valence-electron chi connectivity index (χ1n) is 0.667. The number of hydrogen-bond donors (Lipinski definition) is 0. The van der Waals surface area contributed by atoms with Crippen molar-refractivity contribution in [2.75, 3.05) is 0 Å². The molecular weight excluding hydrogens is 245 g/mol. The fourth-order valence-corrected chi connectivity index (χ4v) is 0. The van der Waals surface area contributed by atoms with E-state index in [9.17, 15) is 0 Å². The maximum atomic E-state index is 8.59. The van der Waals surface area contributed by atoms with Crippen molar-refractivity contribution in [3.05, 3.63) is 0 Å². The minimum atomic E-state index is -5.75. The summed E-state index contributed by atoms with van der Waals surface area (Å²) in [6.45, 7) is 0. The molecule has 8 nitrogen and oxygen atoms in total. The molecule has 0 fully saturated rings. The molecule has 0 spiro atoms. The van der Waals surface area contributed by atoms with Crippen LogP contribution in [0.4, 0.5) is 0 Å². The summed E-state index contributed by atoms with van der Waals surface area (Å²) >= 11 is -5.75. The van der Waals surface area contributed by atoms with Gasteiger partial charge in [0.1, 0.15) is 0 Å². The summed E-state index contributed by atoms with van der Waals surface area (Å²) in [7, 11) is 0. The maximum Gasteiger partial charge on any atom is 2.00 e. The molecular formula is H8CrO8Zn. The van der Waals surface area contributed by atoms with Crippen molar-refractivity contribution in [2.24, 2.45) is 0 Å². The average molecular weight is 253 g/mol. The Morgan fingerprint density at radius 1 is 0.800 bits per heavy atom. The fourth-order valence-electron chi connectivity index (χ4n) is 0. The first-order valence-corrected chi connectivity index (χ1v) is 2.75. The first-order chi connectivity index (χ1) is 2.00. The Morgan fingerprint density at radius 3 is 0.800 bits per heavy atom. The van der Waals surface area contributed by atoms with E-state index >= 15 is 0 Å². The first kappa shape index (κ1) is 46.7. The molecule has 10 heavy (non-hydrogen) atoms. The SMILES string of the molecule is O.O.O.O.[O]=[Cr](=[O])([O-])[O-].[Zn+2]. The summed E-state index contributed by atoms with van der Waals surface area (Å²) in [4.78, 5) is 0. The Hall–Kier alpha value is 0.516. The third kappa shape index (κ3) is 1810. The van der Waals surface area contributed by atoms with Crippen LogP contribution in [0.15, 0.2) is 0 Å². The van der Waals surface area contributed by atoms with Gasteiger partial charge in [-0.05, 0) is 0 Å². The molecule has 0 aromatic heterocycles. The Balaban J connectivity index is -0.00000000800. The zero-order valence-electron chi connectivity index (χ0n) is 4.75. The molecule has 0 saturated carbocycles. The van der Waals surface area contributed by atoms with Crippen LogP contribution in [-0.2, 0) is 40.7 Å². The molecule has 0 saturated heterocycles. The van der Waals surface area contributed by atoms with Gasteiger partial charge in [-0.3, -0.25) is 0 Å². The van der Waals surface area contributed by atoms with Crippen LogP contribution in [-0.4, -0.2) is 21.9 Å². The van der Waals surface area contributed by atoms with Crippen molar-refractivity contribution in [2.45, 2.75) is 0 Å². The molecule has 0 heterocycles. The summed E-state index contributed by atoms with van der Waals surface area (Å²) in [5.74, 6) is 0. The van der Waals surface area contributed by atoms with Gasteiger partial charge in [0, 0.05) is 0 Å². The van der Waals surface area contributed by atoms with E-state index in [2.05, 4.69) is 0 Å². The second-order valence-corrected chi connectivity index (χ2v) is 1.68. The van der Waals surface area contributed by atoms with Crippen molar-refractivity contribution in [1.82, 2.24) is 0 Å². The molecule has 8 N–H and O–H groups in total. The number of hydrogen-bond acceptors (Lipinski definition) is 4. The summed E-state index contributed by atoms with van der Waals surface area (Å²) in [5, 5.41) is 0. The Bertz CT molecular complexity index is 92.4. The van der Waals surface area contributed by atoms with E-state index in [1.54, 1.807) is 0 Å². The quantitative estimate of drug-likeness (QED) is 0.386. The van der Waals surface area contributed by atoms with E-state index < -0.39 is 13.6 Å². The predicted octanol–water partition coefficient (Wildman–Crippen LogP) is -5.92. The van der Waals surface area contributed by atoms with Gasteiger partial charge in [0.15, 0.2) is 0 Å². The molecule has 0 radical (unpaired) electrons. The van der Waals surface area contributed by atoms with Crippen molar-refractivity contribution >= 4 is 0 Å². The number of rotatable bonds is 0.